The van der Waals surface area contributed by atoms with Crippen LogP contribution < -0.4 is 9.47 Å². The molecule has 0 amide bonds. The summed E-state index contributed by atoms with van der Waals surface area (Å²) in [4.78, 5) is 0. The van der Waals surface area contributed by atoms with E-state index in [1.165, 1.54) is 4.68 Å². The number of hydrogen-bond acceptors (Lipinski definition) is 6. The Labute approximate surface area is 122 Å². The zero-order valence-corrected chi connectivity index (χ0v) is 11.9. The summed E-state index contributed by atoms with van der Waals surface area (Å²) < 4.78 is 12.0. The van der Waals surface area contributed by atoms with Crippen molar-refractivity contribution < 1.29 is 14.6 Å². The monoisotopic (exact) mass is 288 g/mol. The molecule has 0 unspecified atom stereocenters. The van der Waals surface area contributed by atoms with Crippen LogP contribution in [0.1, 0.15) is 17.0 Å². The van der Waals surface area contributed by atoms with Gasteiger partial charge in [0.05, 0.1) is 33.1 Å². The number of aliphatic hydroxyl groups excluding tert-OH is 1. The summed E-state index contributed by atoms with van der Waals surface area (Å²) in [6.45, 7) is 0.241. The number of ether oxygens (including phenoxy) is 2. The van der Waals surface area contributed by atoms with E-state index in [1.54, 1.807) is 20.3 Å². The van der Waals surface area contributed by atoms with E-state index in [-0.39, 0.29) is 12.3 Å². The molecule has 1 aromatic heterocycles. The van der Waals surface area contributed by atoms with Crippen molar-refractivity contribution in [3.8, 4) is 17.6 Å². The summed E-state index contributed by atoms with van der Waals surface area (Å²) in [7, 11) is 3.14. The van der Waals surface area contributed by atoms with Crippen molar-refractivity contribution in [1.29, 1.82) is 5.26 Å². The molecular formula is C14H16N4O3. The third kappa shape index (κ3) is 3.12. The molecule has 0 aliphatic heterocycles. The average Bonchev–Trinajstić information content (AvgIpc) is 2.89. The summed E-state index contributed by atoms with van der Waals surface area (Å²) in [5.74, 6) is 1.26. The van der Waals surface area contributed by atoms with E-state index >= 15 is 0 Å². The smallest absolute Gasteiger partial charge is 0.186 e. The van der Waals surface area contributed by atoms with Crippen LogP contribution in [0.2, 0.25) is 0 Å². The Balaban J connectivity index is 2.34. The van der Waals surface area contributed by atoms with Gasteiger partial charge in [-0.25, -0.2) is 4.68 Å². The number of rotatable bonds is 6. The molecule has 7 heteroatoms. The van der Waals surface area contributed by atoms with Crippen molar-refractivity contribution >= 4 is 0 Å². The molecule has 21 heavy (non-hydrogen) atoms. The second kappa shape index (κ2) is 6.72. The molecule has 0 radical (unpaired) electrons. The molecule has 0 spiro atoms. The van der Waals surface area contributed by atoms with Crippen molar-refractivity contribution in [3.05, 3.63) is 35.2 Å². The minimum Gasteiger partial charge on any atom is -0.493 e. The maximum absolute atomic E-state index is 9.09. The highest BCUT2D eigenvalue weighted by molar-refractivity contribution is 5.44. The second-order valence-corrected chi connectivity index (χ2v) is 4.31. The maximum Gasteiger partial charge on any atom is 0.186 e. The Morgan fingerprint density at radius 2 is 2.05 bits per heavy atom. The van der Waals surface area contributed by atoms with Gasteiger partial charge in [0, 0.05) is 6.42 Å². The highest BCUT2D eigenvalue weighted by Crippen LogP contribution is 2.28. The van der Waals surface area contributed by atoms with Gasteiger partial charge in [0.15, 0.2) is 17.2 Å². The van der Waals surface area contributed by atoms with Crippen LogP contribution in [0, 0.1) is 11.3 Å². The van der Waals surface area contributed by atoms with E-state index in [1.807, 2.05) is 18.2 Å². The normalized spacial score (nSPS) is 10.2. The van der Waals surface area contributed by atoms with Crippen LogP contribution in [-0.2, 0) is 13.0 Å². The quantitative estimate of drug-likeness (QED) is 0.843. The fourth-order valence-electron chi connectivity index (χ4n) is 2.05. The molecular weight excluding hydrogens is 272 g/mol. The van der Waals surface area contributed by atoms with Gasteiger partial charge in [-0.2, -0.15) is 5.26 Å². The molecule has 7 nitrogen and oxygen atoms in total. The molecule has 0 atom stereocenters. The SMILES string of the molecule is COc1ccc(Cc2c(C#N)nnn2CCO)cc1OC. The van der Waals surface area contributed by atoms with E-state index in [0.717, 1.165) is 5.56 Å². The van der Waals surface area contributed by atoms with Crippen molar-refractivity contribution in [2.45, 2.75) is 13.0 Å². The summed E-state index contributed by atoms with van der Waals surface area (Å²) >= 11 is 0. The lowest BCUT2D eigenvalue weighted by Gasteiger charge is -2.10. The van der Waals surface area contributed by atoms with Gasteiger partial charge in [0.25, 0.3) is 0 Å². The molecule has 0 aliphatic rings. The van der Waals surface area contributed by atoms with Crippen LogP contribution in [0.3, 0.4) is 0 Å². The van der Waals surface area contributed by atoms with Crippen LogP contribution in [0.5, 0.6) is 11.5 Å². The highest BCUT2D eigenvalue weighted by atomic mass is 16.5. The van der Waals surface area contributed by atoms with Crippen LogP contribution in [0.4, 0.5) is 0 Å². The molecule has 110 valence electrons. The van der Waals surface area contributed by atoms with Crippen molar-refractivity contribution in [2.24, 2.45) is 0 Å². The predicted octanol–water partition coefficient (Wildman–Crippen LogP) is 0.750. The van der Waals surface area contributed by atoms with Crippen LogP contribution in [0.15, 0.2) is 18.2 Å². The molecule has 1 N–H and O–H groups in total. The molecule has 0 saturated heterocycles. The Morgan fingerprint density at radius 1 is 1.29 bits per heavy atom. The highest BCUT2D eigenvalue weighted by Gasteiger charge is 2.14. The molecule has 0 bridgehead atoms. The Bertz CT molecular complexity index is 661. The third-order valence-electron chi connectivity index (χ3n) is 3.07. The molecule has 1 heterocycles. The van der Waals surface area contributed by atoms with E-state index in [2.05, 4.69) is 10.3 Å². The Morgan fingerprint density at radius 3 is 2.67 bits per heavy atom. The molecule has 0 saturated carbocycles. The topological polar surface area (TPSA) is 93.2 Å². The van der Waals surface area contributed by atoms with Gasteiger partial charge < -0.3 is 14.6 Å². The lowest BCUT2D eigenvalue weighted by Crippen LogP contribution is -2.09. The largest absolute Gasteiger partial charge is 0.493 e. The van der Waals surface area contributed by atoms with Gasteiger partial charge in [-0.3, -0.25) is 0 Å². The standard InChI is InChI=1S/C14H16N4O3/c1-20-13-4-3-10(8-14(13)21-2)7-12-11(9-15)16-17-18(12)5-6-19/h3-4,8,19H,5-7H2,1-2H3. The van der Waals surface area contributed by atoms with E-state index < -0.39 is 0 Å². The number of nitriles is 1. The molecule has 2 rings (SSSR count). The van der Waals surface area contributed by atoms with Gasteiger partial charge in [-0.1, -0.05) is 11.3 Å². The number of methoxy groups -OCH3 is 2. The fourth-order valence-corrected chi connectivity index (χ4v) is 2.05. The lowest BCUT2D eigenvalue weighted by atomic mass is 10.1. The molecule has 0 fully saturated rings. The van der Waals surface area contributed by atoms with Crippen molar-refractivity contribution in [1.82, 2.24) is 15.0 Å². The van der Waals surface area contributed by atoms with Crippen LogP contribution in [-0.4, -0.2) is 40.9 Å². The third-order valence-corrected chi connectivity index (χ3v) is 3.07. The number of aliphatic hydroxyl groups is 1. The Kier molecular flexibility index (Phi) is 4.74. The first kappa shape index (κ1) is 14.8. The minimum atomic E-state index is -0.0623. The van der Waals surface area contributed by atoms with Crippen molar-refractivity contribution in [3.63, 3.8) is 0 Å². The van der Waals surface area contributed by atoms with Crippen LogP contribution >= 0.6 is 0 Å². The number of nitrogens with zero attached hydrogens (tertiary/aromatic N) is 4. The number of hydrogen-bond donors (Lipinski definition) is 1. The molecule has 2 aromatic rings. The fraction of sp³-hybridized carbons (Fsp3) is 0.357. The zero-order chi connectivity index (χ0) is 15.2. The number of benzene rings is 1. The summed E-state index contributed by atoms with van der Waals surface area (Å²) in [6, 6.07) is 7.55. The summed E-state index contributed by atoms with van der Waals surface area (Å²) in [6.07, 6.45) is 0.468. The first-order chi connectivity index (χ1) is 10.2. The van der Waals surface area contributed by atoms with Crippen molar-refractivity contribution in [2.75, 3.05) is 20.8 Å². The van der Waals surface area contributed by atoms with Gasteiger partial charge >= 0.3 is 0 Å². The van der Waals surface area contributed by atoms with Crippen LogP contribution in [0.25, 0.3) is 0 Å². The first-order valence-corrected chi connectivity index (χ1v) is 6.37. The number of aromatic nitrogens is 3. The maximum atomic E-state index is 9.09. The lowest BCUT2D eigenvalue weighted by molar-refractivity contribution is 0.266. The van der Waals surface area contributed by atoms with Gasteiger partial charge in [0.1, 0.15) is 6.07 Å². The first-order valence-electron chi connectivity index (χ1n) is 6.37. The molecule has 0 aliphatic carbocycles. The van der Waals surface area contributed by atoms with Gasteiger partial charge in [0.2, 0.25) is 0 Å². The van der Waals surface area contributed by atoms with E-state index in [4.69, 9.17) is 19.8 Å². The average molecular weight is 288 g/mol. The molecule has 1 aromatic carbocycles. The minimum absolute atomic E-state index is 0.0623. The second-order valence-electron chi connectivity index (χ2n) is 4.31. The zero-order valence-electron chi connectivity index (χ0n) is 11.9. The predicted molar refractivity (Wildman–Crippen MR) is 74.2 cm³/mol. The van der Waals surface area contributed by atoms with E-state index in [9.17, 15) is 0 Å². The Hall–Kier alpha value is -2.59. The summed E-state index contributed by atoms with van der Waals surface area (Å²) in [5.41, 5.74) is 1.86. The van der Waals surface area contributed by atoms with Gasteiger partial charge in [-0.05, 0) is 17.7 Å². The summed E-state index contributed by atoms with van der Waals surface area (Å²) in [5, 5.41) is 25.8. The van der Waals surface area contributed by atoms with Gasteiger partial charge in [-0.15, -0.1) is 5.10 Å². The van der Waals surface area contributed by atoms with E-state index in [0.29, 0.717) is 30.2 Å².